The normalized spacial score (nSPS) is 20.8. The first-order chi connectivity index (χ1) is 9.22. The number of hydrogen-bond donors (Lipinski definition) is 1. The van der Waals surface area contributed by atoms with Crippen LogP contribution in [-0.4, -0.2) is 44.2 Å². The minimum absolute atomic E-state index is 0.0975. The van der Waals surface area contributed by atoms with Gasteiger partial charge in [0.05, 0.1) is 5.69 Å². The Bertz CT molecular complexity index is 437. The Morgan fingerprint density at radius 1 is 1.21 bits per heavy atom. The summed E-state index contributed by atoms with van der Waals surface area (Å²) in [5.41, 5.74) is 1.95. The van der Waals surface area contributed by atoms with Gasteiger partial charge in [0.25, 0.3) is 0 Å². The molecule has 1 aromatic rings. The lowest BCUT2D eigenvalue weighted by Crippen LogP contribution is -2.44. The van der Waals surface area contributed by atoms with Crippen molar-refractivity contribution in [2.45, 2.75) is 25.4 Å². The molecule has 104 valence electrons. The first-order valence-corrected chi connectivity index (χ1v) is 7.18. The third-order valence-electron chi connectivity index (χ3n) is 4.03. The topological polar surface area (TPSA) is 18.5 Å². The second kappa shape index (κ2) is 5.47. The van der Waals surface area contributed by atoms with Crippen LogP contribution in [0.15, 0.2) is 18.2 Å². The minimum atomic E-state index is -0.0975. The molecule has 4 heteroatoms. The molecule has 1 N–H and O–H groups in total. The van der Waals surface area contributed by atoms with Crippen molar-refractivity contribution in [2.75, 3.05) is 38.1 Å². The molecule has 1 saturated heterocycles. The number of anilines is 1. The van der Waals surface area contributed by atoms with Gasteiger partial charge in [-0.1, -0.05) is 6.07 Å². The maximum absolute atomic E-state index is 14.0. The van der Waals surface area contributed by atoms with Crippen molar-refractivity contribution in [2.24, 2.45) is 0 Å². The van der Waals surface area contributed by atoms with Gasteiger partial charge in [-0.15, -0.1) is 0 Å². The monoisotopic (exact) mass is 263 g/mol. The van der Waals surface area contributed by atoms with Gasteiger partial charge in [-0.3, -0.25) is 0 Å². The summed E-state index contributed by atoms with van der Waals surface area (Å²) < 4.78 is 14.0. The number of likely N-dealkylation sites (N-methyl/N-ethyl adjacent to an activating group) is 1. The quantitative estimate of drug-likeness (QED) is 0.894. The number of hydrogen-bond acceptors (Lipinski definition) is 3. The average molecular weight is 263 g/mol. The zero-order valence-corrected chi connectivity index (χ0v) is 11.5. The molecule has 0 unspecified atom stereocenters. The van der Waals surface area contributed by atoms with Crippen LogP contribution in [0.2, 0.25) is 0 Å². The molecule has 0 radical (unpaired) electrons. The molecule has 1 aliphatic heterocycles. The predicted molar refractivity (Wildman–Crippen MR) is 76.0 cm³/mol. The summed E-state index contributed by atoms with van der Waals surface area (Å²) in [6.45, 7) is 4.68. The van der Waals surface area contributed by atoms with Crippen LogP contribution in [0.1, 0.15) is 18.4 Å². The van der Waals surface area contributed by atoms with Crippen LogP contribution in [0, 0.1) is 5.82 Å². The summed E-state index contributed by atoms with van der Waals surface area (Å²) in [4.78, 5) is 4.45. The smallest absolute Gasteiger partial charge is 0.146 e. The number of rotatable bonds is 4. The van der Waals surface area contributed by atoms with E-state index < -0.39 is 0 Å². The maximum Gasteiger partial charge on any atom is 0.146 e. The van der Waals surface area contributed by atoms with Crippen molar-refractivity contribution in [3.63, 3.8) is 0 Å². The van der Waals surface area contributed by atoms with Crippen molar-refractivity contribution in [1.29, 1.82) is 0 Å². The largest absolute Gasteiger partial charge is 0.367 e. The average Bonchev–Trinajstić information content (AvgIpc) is 3.23. The Balaban J connectivity index is 1.69. The SMILES string of the molecule is CN1CCN(c2cc(CNC3CC3)ccc2F)CC1. The van der Waals surface area contributed by atoms with Crippen molar-refractivity contribution in [3.8, 4) is 0 Å². The molecular formula is C15H22FN3. The molecule has 2 fully saturated rings. The fraction of sp³-hybridized carbons (Fsp3) is 0.600. The van der Waals surface area contributed by atoms with E-state index in [0.717, 1.165) is 38.4 Å². The third kappa shape index (κ3) is 3.25. The summed E-state index contributed by atoms with van der Waals surface area (Å²) in [5.74, 6) is -0.0975. The van der Waals surface area contributed by atoms with Crippen LogP contribution in [0.4, 0.5) is 10.1 Å². The summed E-state index contributed by atoms with van der Waals surface area (Å²) in [7, 11) is 2.11. The second-order valence-corrected chi connectivity index (χ2v) is 5.73. The summed E-state index contributed by atoms with van der Waals surface area (Å²) >= 11 is 0. The van der Waals surface area contributed by atoms with Gasteiger partial charge >= 0.3 is 0 Å². The van der Waals surface area contributed by atoms with Gasteiger partial charge in [0.1, 0.15) is 5.82 Å². The third-order valence-corrected chi connectivity index (χ3v) is 4.03. The van der Waals surface area contributed by atoms with Crippen molar-refractivity contribution in [3.05, 3.63) is 29.6 Å². The van der Waals surface area contributed by atoms with Crippen LogP contribution in [-0.2, 0) is 6.54 Å². The molecule has 0 bridgehead atoms. The molecule has 0 amide bonds. The van der Waals surface area contributed by atoms with Gasteiger partial charge in [0, 0.05) is 38.8 Å². The van der Waals surface area contributed by atoms with Gasteiger partial charge in [-0.05, 0) is 37.6 Å². The molecular weight excluding hydrogens is 241 g/mol. The van der Waals surface area contributed by atoms with E-state index in [1.807, 2.05) is 12.1 Å². The highest BCUT2D eigenvalue weighted by molar-refractivity contribution is 5.50. The van der Waals surface area contributed by atoms with E-state index in [1.54, 1.807) is 6.07 Å². The van der Waals surface area contributed by atoms with Gasteiger partial charge < -0.3 is 15.1 Å². The lowest BCUT2D eigenvalue weighted by atomic mass is 10.1. The first kappa shape index (κ1) is 12.9. The number of benzene rings is 1. The van der Waals surface area contributed by atoms with Crippen LogP contribution in [0.3, 0.4) is 0 Å². The van der Waals surface area contributed by atoms with E-state index in [-0.39, 0.29) is 5.82 Å². The van der Waals surface area contributed by atoms with Gasteiger partial charge in [0.15, 0.2) is 0 Å². The van der Waals surface area contributed by atoms with E-state index in [1.165, 1.54) is 18.4 Å². The Morgan fingerprint density at radius 3 is 2.63 bits per heavy atom. The van der Waals surface area contributed by atoms with E-state index in [4.69, 9.17) is 0 Å². The van der Waals surface area contributed by atoms with Crippen LogP contribution >= 0.6 is 0 Å². The Kier molecular flexibility index (Phi) is 3.71. The number of nitrogens with one attached hydrogen (secondary N) is 1. The van der Waals surface area contributed by atoms with E-state index >= 15 is 0 Å². The van der Waals surface area contributed by atoms with Crippen LogP contribution in [0.25, 0.3) is 0 Å². The minimum Gasteiger partial charge on any atom is -0.367 e. The fourth-order valence-electron chi connectivity index (χ4n) is 2.51. The highest BCUT2D eigenvalue weighted by Crippen LogP contribution is 2.24. The van der Waals surface area contributed by atoms with E-state index in [2.05, 4.69) is 22.2 Å². The Morgan fingerprint density at radius 2 is 1.95 bits per heavy atom. The Hall–Kier alpha value is -1.13. The zero-order valence-electron chi connectivity index (χ0n) is 11.5. The van der Waals surface area contributed by atoms with Crippen LogP contribution < -0.4 is 10.2 Å². The van der Waals surface area contributed by atoms with Gasteiger partial charge in [-0.2, -0.15) is 0 Å². The molecule has 0 atom stereocenters. The number of nitrogens with zero attached hydrogens (tertiary/aromatic N) is 2. The lowest BCUT2D eigenvalue weighted by molar-refractivity contribution is 0.311. The highest BCUT2D eigenvalue weighted by atomic mass is 19.1. The summed E-state index contributed by atoms with van der Waals surface area (Å²) in [6, 6.07) is 6.20. The fourth-order valence-corrected chi connectivity index (χ4v) is 2.51. The zero-order chi connectivity index (χ0) is 13.2. The van der Waals surface area contributed by atoms with Crippen LogP contribution in [0.5, 0.6) is 0 Å². The lowest BCUT2D eigenvalue weighted by Gasteiger charge is -2.34. The predicted octanol–water partition coefficient (Wildman–Crippen LogP) is 1.83. The molecule has 3 rings (SSSR count). The number of halogens is 1. The van der Waals surface area contributed by atoms with E-state index in [9.17, 15) is 4.39 Å². The molecule has 2 aliphatic rings. The molecule has 3 nitrogen and oxygen atoms in total. The summed E-state index contributed by atoms with van der Waals surface area (Å²) in [6.07, 6.45) is 2.57. The number of piperazine rings is 1. The van der Waals surface area contributed by atoms with E-state index in [0.29, 0.717) is 6.04 Å². The maximum atomic E-state index is 14.0. The highest BCUT2D eigenvalue weighted by Gasteiger charge is 2.21. The molecule has 1 aromatic carbocycles. The first-order valence-electron chi connectivity index (χ1n) is 7.18. The molecule has 1 heterocycles. The second-order valence-electron chi connectivity index (χ2n) is 5.73. The van der Waals surface area contributed by atoms with Gasteiger partial charge in [0.2, 0.25) is 0 Å². The van der Waals surface area contributed by atoms with Gasteiger partial charge in [-0.25, -0.2) is 4.39 Å². The molecule has 19 heavy (non-hydrogen) atoms. The van der Waals surface area contributed by atoms with Crippen molar-refractivity contribution in [1.82, 2.24) is 10.2 Å². The molecule has 0 spiro atoms. The molecule has 1 saturated carbocycles. The Labute approximate surface area is 114 Å². The molecule has 0 aromatic heterocycles. The summed E-state index contributed by atoms with van der Waals surface area (Å²) in [5, 5.41) is 3.48. The van der Waals surface area contributed by atoms with Crippen molar-refractivity contribution >= 4 is 5.69 Å². The van der Waals surface area contributed by atoms with Crippen molar-refractivity contribution < 1.29 is 4.39 Å². The standard InChI is InChI=1S/C15H22FN3/c1-18-6-8-19(9-7-18)15-10-12(2-5-14(15)16)11-17-13-3-4-13/h2,5,10,13,17H,3-4,6-9,11H2,1H3. The molecule has 1 aliphatic carbocycles.